The number of carbonyl (C=O) groups excluding carboxylic acids is 1. The van der Waals surface area contributed by atoms with E-state index in [4.69, 9.17) is 0 Å². The van der Waals surface area contributed by atoms with Crippen molar-refractivity contribution in [1.82, 2.24) is 19.4 Å². The largest absolute Gasteiger partial charge is 0.333 e. The third kappa shape index (κ3) is 1.29. The Morgan fingerprint density at radius 1 is 1.22 bits per heavy atom. The number of hydrogen-bond donors (Lipinski definition) is 0. The first-order chi connectivity index (χ1) is 8.77. The lowest BCUT2D eigenvalue weighted by molar-refractivity contribution is 0.0691. The molecule has 0 atom stereocenters. The maximum absolute atomic E-state index is 12.5. The summed E-state index contributed by atoms with van der Waals surface area (Å²) in [5, 5.41) is 0. The second-order valence-electron chi connectivity index (χ2n) is 4.77. The van der Waals surface area contributed by atoms with E-state index in [1.165, 1.54) is 0 Å². The first-order valence-electron chi connectivity index (χ1n) is 6.07. The van der Waals surface area contributed by atoms with Crippen LogP contribution in [0.15, 0.2) is 16.9 Å². The number of hydrogen-bond acceptors (Lipinski definition) is 3. The monoisotopic (exact) mass is 306 g/mol. The van der Waals surface area contributed by atoms with Crippen LogP contribution in [-0.2, 0) is 6.54 Å². The van der Waals surface area contributed by atoms with Crippen LogP contribution in [-0.4, -0.2) is 37.9 Å². The van der Waals surface area contributed by atoms with Crippen molar-refractivity contribution in [3.8, 4) is 0 Å². The molecule has 2 aromatic rings. The molecule has 0 N–H and O–H groups in total. The van der Waals surface area contributed by atoms with Gasteiger partial charge in [-0.1, -0.05) is 0 Å². The second kappa shape index (κ2) is 3.54. The molecule has 1 fully saturated rings. The van der Waals surface area contributed by atoms with Gasteiger partial charge < -0.3 is 9.47 Å². The Balaban J connectivity index is 1.94. The molecule has 2 aromatic heterocycles. The second-order valence-corrected chi connectivity index (χ2v) is 5.57. The van der Waals surface area contributed by atoms with Crippen molar-refractivity contribution in [3.05, 3.63) is 22.6 Å². The zero-order chi connectivity index (χ0) is 12.3. The van der Waals surface area contributed by atoms with Crippen molar-refractivity contribution in [2.24, 2.45) is 0 Å². The minimum Gasteiger partial charge on any atom is -0.333 e. The van der Waals surface area contributed by atoms with Crippen molar-refractivity contribution >= 4 is 33.0 Å². The summed E-state index contributed by atoms with van der Waals surface area (Å²) in [5.74, 6) is 0.107. The van der Waals surface area contributed by atoms with E-state index in [9.17, 15) is 4.79 Å². The molecule has 0 bridgehead atoms. The fourth-order valence-corrected chi connectivity index (χ4v) is 3.29. The molecule has 3 heterocycles. The highest BCUT2D eigenvalue weighted by molar-refractivity contribution is 9.10. The van der Waals surface area contributed by atoms with Crippen LogP contribution in [0.25, 0.3) is 11.2 Å². The van der Waals surface area contributed by atoms with E-state index < -0.39 is 0 Å². The maximum atomic E-state index is 12.5. The van der Waals surface area contributed by atoms with Crippen molar-refractivity contribution in [2.75, 3.05) is 6.54 Å². The van der Waals surface area contributed by atoms with Crippen LogP contribution in [0.2, 0.25) is 0 Å². The van der Waals surface area contributed by atoms with E-state index in [1.54, 1.807) is 12.4 Å². The zero-order valence-corrected chi connectivity index (χ0v) is 11.2. The number of amides is 1. The van der Waals surface area contributed by atoms with Gasteiger partial charge in [0.1, 0.15) is 11.2 Å². The van der Waals surface area contributed by atoms with Gasteiger partial charge in [0, 0.05) is 31.5 Å². The van der Waals surface area contributed by atoms with E-state index in [-0.39, 0.29) is 5.91 Å². The number of halogens is 1. The van der Waals surface area contributed by atoms with Gasteiger partial charge in [-0.2, -0.15) is 0 Å². The van der Waals surface area contributed by atoms with Gasteiger partial charge in [0.25, 0.3) is 5.91 Å². The molecule has 6 heteroatoms. The van der Waals surface area contributed by atoms with Gasteiger partial charge in [-0.15, -0.1) is 0 Å². The van der Waals surface area contributed by atoms with E-state index in [0.717, 1.165) is 41.6 Å². The standard InChI is InChI=1S/C12H11BrN4O/c13-8-9-11(15-4-3-14-9)17-6-5-16(7-1-2-7)12(18)10(8)17/h3-4,7H,1-2,5-6H2. The van der Waals surface area contributed by atoms with Gasteiger partial charge >= 0.3 is 0 Å². The molecule has 92 valence electrons. The van der Waals surface area contributed by atoms with Gasteiger partial charge in [-0.25, -0.2) is 4.98 Å². The summed E-state index contributed by atoms with van der Waals surface area (Å²) in [7, 11) is 0. The summed E-state index contributed by atoms with van der Waals surface area (Å²) >= 11 is 3.50. The summed E-state index contributed by atoms with van der Waals surface area (Å²) in [6.07, 6.45) is 5.60. The molecule has 0 radical (unpaired) electrons. The van der Waals surface area contributed by atoms with E-state index >= 15 is 0 Å². The molecule has 0 aromatic carbocycles. The summed E-state index contributed by atoms with van der Waals surface area (Å²) in [6.45, 7) is 1.58. The van der Waals surface area contributed by atoms with E-state index in [1.807, 2.05) is 9.47 Å². The molecule has 0 unspecified atom stereocenters. The quantitative estimate of drug-likeness (QED) is 0.807. The summed E-state index contributed by atoms with van der Waals surface area (Å²) in [5.41, 5.74) is 2.27. The van der Waals surface area contributed by atoms with Crippen LogP contribution in [0.3, 0.4) is 0 Å². The average molecular weight is 307 g/mol. The summed E-state index contributed by atoms with van der Waals surface area (Å²) in [4.78, 5) is 23.1. The first-order valence-corrected chi connectivity index (χ1v) is 6.86. The molecule has 1 amide bonds. The smallest absolute Gasteiger partial charge is 0.272 e. The zero-order valence-electron chi connectivity index (χ0n) is 9.64. The molecule has 2 aliphatic rings. The number of carbonyl (C=O) groups is 1. The first kappa shape index (κ1) is 10.5. The minimum atomic E-state index is 0.107. The predicted octanol–water partition coefficient (Wildman–Crippen LogP) is 1.81. The lowest BCUT2D eigenvalue weighted by Gasteiger charge is -2.28. The molecule has 0 saturated heterocycles. The number of rotatable bonds is 1. The number of aromatic nitrogens is 3. The average Bonchev–Trinajstić information content (AvgIpc) is 3.18. The molecule has 1 aliphatic carbocycles. The van der Waals surface area contributed by atoms with Crippen molar-refractivity contribution in [3.63, 3.8) is 0 Å². The Morgan fingerprint density at radius 3 is 2.78 bits per heavy atom. The van der Waals surface area contributed by atoms with Crippen molar-refractivity contribution in [1.29, 1.82) is 0 Å². The van der Waals surface area contributed by atoms with Gasteiger partial charge in [0.05, 0.1) is 4.47 Å². The van der Waals surface area contributed by atoms with Crippen LogP contribution in [0.1, 0.15) is 23.3 Å². The van der Waals surface area contributed by atoms with Crippen LogP contribution in [0, 0.1) is 0 Å². The summed E-state index contributed by atoms with van der Waals surface area (Å²) < 4.78 is 2.76. The molecule has 1 aliphatic heterocycles. The number of fused-ring (bicyclic) bond motifs is 3. The molecule has 4 rings (SSSR count). The molecular weight excluding hydrogens is 296 g/mol. The Kier molecular flexibility index (Phi) is 2.06. The highest BCUT2D eigenvalue weighted by Crippen LogP contribution is 2.35. The van der Waals surface area contributed by atoms with Crippen LogP contribution in [0.5, 0.6) is 0 Å². The van der Waals surface area contributed by atoms with Crippen molar-refractivity contribution in [2.45, 2.75) is 25.4 Å². The Morgan fingerprint density at radius 2 is 2.00 bits per heavy atom. The van der Waals surface area contributed by atoms with Crippen LogP contribution < -0.4 is 0 Å². The van der Waals surface area contributed by atoms with Gasteiger partial charge in [-0.3, -0.25) is 9.78 Å². The Bertz CT molecular complexity index is 661. The van der Waals surface area contributed by atoms with Crippen LogP contribution >= 0.6 is 15.9 Å². The molecule has 5 nitrogen and oxygen atoms in total. The van der Waals surface area contributed by atoms with Crippen molar-refractivity contribution < 1.29 is 4.79 Å². The Hall–Kier alpha value is -1.43. The number of nitrogens with zero attached hydrogens (tertiary/aromatic N) is 4. The highest BCUT2D eigenvalue weighted by atomic mass is 79.9. The van der Waals surface area contributed by atoms with Gasteiger partial charge in [-0.05, 0) is 28.8 Å². The molecule has 18 heavy (non-hydrogen) atoms. The van der Waals surface area contributed by atoms with Crippen LogP contribution in [0.4, 0.5) is 0 Å². The topological polar surface area (TPSA) is 51.0 Å². The minimum absolute atomic E-state index is 0.107. The summed E-state index contributed by atoms with van der Waals surface area (Å²) in [6, 6.07) is 0.456. The van der Waals surface area contributed by atoms with Gasteiger partial charge in [0.15, 0.2) is 5.65 Å². The third-order valence-corrected chi connectivity index (χ3v) is 4.39. The molecular formula is C12H11BrN4O. The lowest BCUT2D eigenvalue weighted by Crippen LogP contribution is -2.41. The lowest BCUT2D eigenvalue weighted by atomic mass is 10.3. The van der Waals surface area contributed by atoms with E-state index in [2.05, 4.69) is 25.9 Å². The molecule has 0 spiro atoms. The fourth-order valence-electron chi connectivity index (χ4n) is 2.63. The third-order valence-electron chi connectivity index (χ3n) is 3.64. The normalized spacial score (nSPS) is 19.4. The highest BCUT2D eigenvalue weighted by Gasteiger charge is 2.38. The van der Waals surface area contributed by atoms with Gasteiger partial charge in [0.2, 0.25) is 0 Å². The Labute approximate surface area is 112 Å². The predicted molar refractivity (Wildman–Crippen MR) is 69.3 cm³/mol. The SMILES string of the molecule is O=C1c2c(Br)c3nccnc3n2CCN1C1CC1. The molecule has 1 saturated carbocycles. The fraction of sp³-hybridized carbons (Fsp3) is 0.417. The van der Waals surface area contributed by atoms with E-state index in [0.29, 0.717) is 11.7 Å². The maximum Gasteiger partial charge on any atom is 0.272 e.